The molecule has 9 aromatic carbocycles. The summed E-state index contributed by atoms with van der Waals surface area (Å²) in [7, 11) is 0. The first-order valence-corrected chi connectivity index (χ1v) is 19.6. The second-order valence-electron chi connectivity index (χ2n) is 14.6. The van der Waals surface area contributed by atoms with Crippen LogP contribution in [0.1, 0.15) is 0 Å². The maximum atomic E-state index is 6.68. The average Bonchev–Trinajstić information content (AvgIpc) is 3.68. The van der Waals surface area contributed by atoms with Crippen molar-refractivity contribution in [2.45, 2.75) is 0 Å². The van der Waals surface area contributed by atoms with Crippen LogP contribution < -0.4 is 4.90 Å². The normalized spacial score (nSPS) is 11.4. The van der Waals surface area contributed by atoms with Crippen molar-refractivity contribution in [2.24, 2.45) is 0 Å². The summed E-state index contributed by atoms with van der Waals surface area (Å²) in [5.74, 6) is 0.655. The van der Waals surface area contributed by atoms with Gasteiger partial charge >= 0.3 is 0 Å². The summed E-state index contributed by atoms with van der Waals surface area (Å²) < 4.78 is 6.68. The molecule has 0 N–H and O–H groups in total. The van der Waals surface area contributed by atoms with Crippen molar-refractivity contribution >= 4 is 60.5 Å². The molecule has 0 saturated carbocycles. The minimum absolute atomic E-state index is 0.655. The van der Waals surface area contributed by atoms with Gasteiger partial charge in [-0.05, 0) is 87.3 Å². The lowest BCUT2D eigenvalue weighted by Crippen LogP contribution is -2.09. The van der Waals surface area contributed by atoms with Crippen LogP contribution in [0, 0.1) is 0 Å². The minimum atomic E-state index is 0.655. The zero-order chi connectivity index (χ0) is 38.4. The quantitative estimate of drug-likeness (QED) is 0.153. The van der Waals surface area contributed by atoms with Crippen LogP contribution >= 0.6 is 0 Å². The maximum absolute atomic E-state index is 6.68. The number of benzene rings is 9. The van der Waals surface area contributed by atoms with E-state index in [0.29, 0.717) is 5.82 Å². The molecule has 0 aliphatic heterocycles. The Hall–Kier alpha value is -7.82. The molecule has 0 amide bonds. The molecule has 0 aliphatic carbocycles. The van der Waals surface area contributed by atoms with Gasteiger partial charge in [0.05, 0.1) is 11.4 Å². The Bertz CT molecular complexity index is 3210. The molecule has 0 saturated heterocycles. The molecular formula is C54H35N3O. The molecule has 11 aromatic rings. The molecule has 2 heterocycles. The van der Waals surface area contributed by atoms with Crippen molar-refractivity contribution in [3.05, 3.63) is 212 Å². The third-order valence-corrected chi connectivity index (χ3v) is 11.1. The lowest BCUT2D eigenvalue weighted by atomic mass is 9.93. The van der Waals surface area contributed by atoms with E-state index in [9.17, 15) is 0 Å². The van der Waals surface area contributed by atoms with E-state index < -0.39 is 0 Å². The summed E-state index contributed by atoms with van der Waals surface area (Å²) >= 11 is 0. The summed E-state index contributed by atoms with van der Waals surface area (Å²) in [6.07, 6.45) is 0. The van der Waals surface area contributed by atoms with Crippen LogP contribution in [0.5, 0.6) is 0 Å². The van der Waals surface area contributed by atoms with Crippen molar-refractivity contribution in [3.63, 3.8) is 0 Å². The highest BCUT2D eigenvalue weighted by molar-refractivity contribution is 6.14. The second-order valence-corrected chi connectivity index (χ2v) is 14.6. The van der Waals surface area contributed by atoms with Crippen molar-refractivity contribution in [1.29, 1.82) is 0 Å². The fraction of sp³-hybridized carbons (Fsp3) is 0. The molecule has 272 valence electrons. The average molecular weight is 742 g/mol. The molecule has 0 aliphatic rings. The van der Waals surface area contributed by atoms with Gasteiger partial charge in [-0.15, -0.1) is 0 Å². The topological polar surface area (TPSA) is 42.2 Å². The van der Waals surface area contributed by atoms with Crippen LogP contribution in [0.2, 0.25) is 0 Å². The number of fused-ring (bicyclic) bond motifs is 6. The van der Waals surface area contributed by atoms with E-state index in [2.05, 4.69) is 169 Å². The molecular weight excluding hydrogens is 707 g/mol. The van der Waals surface area contributed by atoms with Gasteiger partial charge in [-0.25, -0.2) is 9.97 Å². The first-order valence-electron chi connectivity index (χ1n) is 19.6. The fourth-order valence-electron chi connectivity index (χ4n) is 8.33. The SMILES string of the molecule is c1ccc(-c2cc(-c3ccccc3)nc(-c3cccc4oc5cc(N(c6ccccc6)c6ccc(-c7cc8ccccc8c8ccccc78)cc6)ccc5c34)n2)cc1. The largest absolute Gasteiger partial charge is 0.456 e. The van der Waals surface area contributed by atoms with Gasteiger partial charge in [-0.1, -0.05) is 152 Å². The standard InChI is InChI=1S/C54H35N3O/c1-4-15-37(16-5-1)49-35-50(38-17-6-2-7-18-38)56-54(55-49)47-25-14-26-51-53(47)46-32-31-42(34-52(46)58-51)57(40-20-8-3-9-21-40)41-29-27-36(28-30-41)48-33-39-19-10-11-22-43(39)44-23-12-13-24-45(44)48/h1-35H. The Labute approximate surface area is 335 Å². The summed E-state index contributed by atoms with van der Waals surface area (Å²) in [5, 5.41) is 7.02. The molecule has 4 heteroatoms. The summed E-state index contributed by atoms with van der Waals surface area (Å²) in [4.78, 5) is 12.6. The van der Waals surface area contributed by atoms with Gasteiger partial charge in [0, 0.05) is 50.6 Å². The monoisotopic (exact) mass is 741 g/mol. The van der Waals surface area contributed by atoms with Gasteiger partial charge in [0.15, 0.2) is 5.82 Å². The molecule has 58 heavy (non-hydrogen) atoms. The van der Waals surface area contributed by atoms with E-state index in [0.717, 1.165) is 67.1 Å². The van der Waals surface area contributed by atoms with Gasteiger partial charge < -0.3 is 9.32 Å². The van der Waals surface area contributed by atoms with E-state index in [1.165, 1.54) is 32.7 Å². The lowest BCUT2D eigenvalue weighted by Gasteiger charge is -2.25. The number of hydrogen-bond acceptors (Lipinski definition) is 4. The van der Waals surface area contributed by atoms with E-state index in [1.807, 2.05) is 48.5 Å². The number of rotatable bonds is 7. The summed E-state index contributed by atoms with van der Waals surface area (Å²) in [6.45, 7) is 0. The highest BCUT2D eigenvalue weighted by Crippen LogP contribution is 2.42. The molecule has 11 rings (SSSR count). The third-order valence-electron chi connectivity index (χ3n) is 11.1. The zero-order valence-electron chi connectivity index (χ0n) is 31.5. The van der Waals surface area contributed by atoms with Crippen molar-refractivity contribution in [3.8, 4) is 45.0 Å². The Kier molecular flexibility index (Phi) is 8.11. The molecule has 0 bridgehead atoms. The molecule has 0 radical (unpaired) electrons. The van der Waals surface area contributed by atoms with Crippen LogP contribution in [0.25, 0.3) is 88.5 Å². The second kappa shape index (κ2) is 14.0. The maximum Gasteiger partial charge on any atom is 0.161 e. The van der Waals surface area contributed by atoms with Crippen LogP contribution in [-0.4, -0.2) is 9.97 Å². The van der Waals surface area contributed by atoms with Crippen LogP contribution in [0.15, 0.2) is 217 Å². The Morgan fingerprint density at radius 3 is 1.64 bits per heavy atom. The summed E-state index contributed by atoms with van der Waals surface area (Å²) in [6, 6.07) is 74.4. The van der Waals surface area contributed by atoms with Crippen LogP contribution in [0.4, 0.5) is 17.1 Å². The van der Waals surface area contributed by atoms with Gasteiger partial charge in [-0.2, -0.15) is 0 Å². The van der Waals surface area contributed by atoms with Crippen molar-refractivity contribution < 1.29 is 4.42 Å². The van der Waals surface area contributed by atoms with Crippen molar-refractivity contribution in [2.75, 3.05) is 4.90 Å². The van der Waals surface area contributed by atoms with Crippen molar-refractivity contribution in [1.82, 2.24) is 9.97 Å². The number of para-hydroxylation sites is 1. The zero-order valence-corrected chi connectivity index (χ0v) is 31.5. The van der Waals surface area contributed by atoms with Gasteiger partial charge in [-0.3, -0.25) is 0 Å². The smallest absolute Gasteiger partial charge is 0.161 e. The number of anilines is 3. The predicted octanol–water partition coefficient (Wildman–Crippen LogP) is 14.8. The first kappa shape index (κ1) is 33.5. The Morgan fingerprint density at radius 1 is 0.345 bits per heavy atom. The molecule has 0 fully saturated rings. The molecule has 0 atom stereocenters. The molecule has 0 spiro atoms. The highest BCUT2D eigenvalue weighted by Gasteiger charge is 2.20. The fourth-order valence-corrected chi connectivity index (χ4v) is 8.33. The van der Waals surface area contributed by atoms with E-state index in [-0.39, 0.29) is 0 Å². The van der Waals surface area contributed by atoms with Crippen LogP contribution in [-0.2, 0) is 0 Å². The molecule has 2 aromatic heterocycles. The number of nitrogens with zero attached hydrogens (tertiary/aromatic N) is 3. The van der Waals surface area contributed by atoms with E-state index in [1.54, 1.807) is 0 Å². The van der Waals surface area contributed by atoms with Gasteiger partial charge in [0.2, 0.25) is 0 Å². The molecule has 0 unspecified atom stereocenters. The molecule has 4 nitrogen and oxygen atoms in total. The predicted molar refractivity (Wildman–Crippen MR) is 241 cm³/mol. The highest BCUT2D eigenvalue weighted by atomic mass is 16.3. The van der Waals surface area contributed by atoms with Crippen LogP contribution in [0.3, 0.4) is 0 Å². The van der Waals surface area contributed by atoms with E-state index >= 15 is 0 Å². The Balaban J connectivity index is 1.03. The Morgan fingerprint density at radius 2 is 0.931 bits per heavy atom. The lowest BCUT2D eigenvalue weighted by molar-refractivity contribution is 0.669. The van der Waals surface area contributed by atoms with Gasteiger partial charge in [0.1, 0.15) is 11.2 Å². The summed E-state index contributed by atoms with van der Waals surface area (Å²) in [5.41, 5.74) is 11.8. The number of hydrogen-bond donors (Lipinski definition) is 0. The first-order chi connectivity index (χ1) is 28.7. The van der Waals surface area contributed by atoms with E-state index in [4.69, 9.17) is 14.4 Å². The van der Waals surface area contributed by atoms with Gasteiger partial charge in [0.25, 0.3) is 0 Å². The number of aromatic nitrogens is 2. The third kappa shape index (κ3) is 5.87. The number of furan rings is 1. The minimum Gasteiger partial charge on any atom is -0.456 e.